The molecular formula is C9H11FO2. The highest BCUT2D eigenvalue weighted by Gasteiger charge is 2.19. The number of aliphatic hydroxyl groups is 1. The quantitative estimate of drug-likeness (QED) is 0.705. The van der Waals surface area contributed by atoms with E-state index in [9.17, 15) is 9.50 Å². The van der Waals surface area contributed by atoms with E-state index in [0.29, 0.717) is 5.76 Å². The van der Waals surface area contributed by atoms with Crippen LogP contribution in [-0.4, -0.2) is 11.3 Å². The number of hydrogen-bond acceptors (Lipinski definition) is 2. The summed E-state index contributed by atoms with van der Waals surface area (Å²) in [5.41, 5.74) is 0. The zero-order chi connectivity index (χ0) is 9.14. The molecule has 66 valence electrons. The minimum Gasteiger partial charge on any atom is -0.463 e. The maximum atomic E-state index is 12.8. The third-order valence-electron chi connectivity index (χ3n) is 1.58. The smallest absolute Gasteiger partial charge is 0.151 e. The zero-order valence-electron chi connectivity index (χ0n) is 6.83. The van der Waals surface area contributed by atoms with Crippen LogP contribution in [0.2, 0.25) is 0 Å². The summed E-state index contributed by atoms with van der Waals surface area (Å²) in [6.07, 6.45) is -1.67. The highest BCUT2D eigenvalue weighted by molar-refractivity contribution is 5.10. The summed E-state index contributed by atoms with van der Waals surface area (Å²) >= 11 is 0. The molecule has 0 amide bonds. The van der Waals surface area contributed by atoms with Crippen LogP contribution in [-0.2, 0) is 0 Å². The van der Waals surface area contributed by atoms with Gasteiger partial charge in [0, 0.05) is 0 Å². The average Bonchev–Trinajstić information content (AvgIpc) is 2.49. The van der Waals surface area contributed by atoms with Crippen molar-refractivity contribution in [2.75, 3.05) is 0 Å². The Morgan fingerprint density at radius 1 is 1.67 bits per heavy atom. The van der Waals surface area contributed by atoms with Gasteiger partial charge in [-0.1, -0.05) is 6.08 Å². The molecule has 0 spiro atoms. The van der Waals surface area contributed by atoms with Crippen molar-refractivity contribution in [3.8, 4) is 0 Å². The molecule has 0 saturated carbocycles. The molecule has 2 atom stereocenters. The predicted molar refractivity (Wildman–Crippen MR) is 43.5 cm³/mol. The highest BCUT2D eigenvalue weighted by Crippen LogP contribution is 2.21. The lowest BCUT2D eigenvalue weighted by Crippen LogP contribution is -2.09. The molecule has 1 N–H and O–H groups in total. The van der Waals surface area contributed by atoms with Crippen molar-refractivity contribution in [1.29, 1.82) is 0 Å². The Kier molecular flexibility index (Phi) is 2.65. The number of rotatable bonds is 3. The number of furan rings is 1. The van der Waals surface area contributed by atoms with E-state index in [0.717, 1.165) is 6.08 Å². The molecule has 2 unspecified atom stereocenters. The minimum absolute atomic E-state index is 0.236. The summed E-state index contributed by atoms with van der Waals surface area (Å²) < 4.78 is 17.8. The number of hydrogen-bond donors (Lipinski definition) is 1. The lowest BCUT2D eigenvalue weighted by molar-refractivity contribution is 0.0824. The molecule has 0 bridgehead atoms. The monoisotopic (exact) mass is 170 g/mol. The lowest BCUT2D eigenvalue weighted by Gasteiger charge is -2.08. The van der Waals surface area contributed by atoms with Crippen LogP contribution in [0.25, 0.3) is 0 Å². The standard InChI is InChI=1S/C9H11FO2/c1-3-7(10)9(11)8-5-4-6(2)12-8/h3-5,7,9,11H,1H2,2H3. The molecule has 1 aromatic rings. The fourth-order valence-electron chi connectivity index (χ4n) is 0.898. The Bertz CT molecular complexity index is 267. The van der Waals surface area contributed by atoms with Crippen molar-refractivity contribution in [3.63, 3.8) is 0 Å². The normalized spacial score (nSPS) is 15.6. The Hall–Kier alpha value is -1.09. The molecular weight excluding hydrogens is 159 g/mol. The zero-order valence-corrected chi connectivity index (χ0v) is 6.83. The molecule has 0 aliphatic carbocycles. The number of aliphatic hydroxyl groups excluding tert-OH is 1. The average molecular weight is 170 g/mol. The van der Waals surface area contributed by atoms with Gasteiger partial charge in [0.2, 0.25) is 0 Å². The first-order valence-corrected chi connectivity index (χ1v) is 3.66. The molecule has 0 aromatic carbocycles. The first-order valence-electron chi connectivity index (χ1n) is 3.66. The van der Waals surface area contributed by atoms with Gasteiger partial charge >= 0.3 is 0 Å². The summed E-state index contributed by atoms with van der Waals surface area (Å²) in [7, 11) is 0. The van der Waals surface area contributed by atoms with Crippen LogP contribution in [0.1, 0.15) is 17.6 Å². The maximum absolute atomic E-state index is 12.8. The molecule has 1 aromatic heterocycles. The Balaban J connectivity index is 2.77. The van der Waals surface area contributed by atoms with Crippen LogP contribution in [0.5, 0.6) is 0 Å². The third kappa shape index (κ3) is 1.74. The van der Waals surface area contributed by atoms with E-state index in [1.807, 2.05) is 0 Å². The van der Waals surface area contributed by atoms with E-state index in [4.69, 9.17) is 4.42 Å². The third-order valence-corrected chi connectivity index (χ3v) is 1.58. The van der Waals surface area contributed by atoms with Crippen molar-refractivity contribution in [3.05, 3.63) is 36.3 Å². The highest BCUT2D eigenvalue weighted by atomic mass is 19.1. The van der Waals surface area contributed by atoms with E-state index in [2.05, 4.69) is 6.58 Å². The van der Waals surface area contributed by atoms with Crippen LogP contribution in [0.3, 0.4) is 0 Å². The molecule has 0 aliphatic heterocycles. The maximum Gasteiger partial charge on any atom is 0.151 e. The second kappa shape index (κ2) is 3.54. The van der Waals surface area contributed by atoms with E-state index >= 15 is 0 Å². The molecule has 1 heterocycles. The predicted octanol–water partition coefficient (Wildman–Crippen LogP) is 2.15. The van der Waals surface area contributed by atoms with Gasteiger partial charge in [0.15, 0.2) is 6.17 Å². The Labute approximate surface area is 70.3 Å². The van der Waals surface area contributed by atoms with E-state index in [1.165, 1.54) is 0 Å². The molecule has 0 radical (unpaired) electrons. The fraction of sp³-hybridized carbons (Fsp3) is 0.333. The van der Waals surface area contributed by atoms with Crippen LogP contribution in [0, 0.1) is 6.92 Å². The van der Waals surface area contributed by atoms with E-state index < -0.39 is 12.3 Å². The molecule has 2 nitrogen and oxygen atoms in total. The molecule has 3 heteroatoms. The summed E-state index contributed by atoms with van der Waals surface area (Å²) in [5.74, 6) is 0.889. The summed E-state index contributed by atoms with van der Waals surface area (Å²) in [5, 5.41) is 9.26. The molecule has 0 fully saturated rings. The first kappa shape index (κ1) is 9.00. The van der Waals surface area contributed by atoms with Crippen LogP contribution in [0.15, 0.2) is 29.2 Å². The van der Waals surface area contributed by atoms with E-state index in [-0.39, 0.29) is 5.76 Å². The number of alkyl halides is 1. The SMILES string of the molecule is C=CC(F)C(O)c1ccc(C)o1. The number of aryl methyl sites for hydroxylation is 1. The summed E-state index contributed by atoms with van der Waals surface area (Å²) in [6, 6.07) is 3.23. The molecule has 12 heavy (non-hydrogen) atoms. The fourth-order valence-corrected chi connectivity index (χ4v) is 0.898. The van der Waals surface area contributed by atoms with Gasteiger partial charge in [0.25, 0.3) is 0 Å². The topological polar surface area (TPSA) is 33.4 Å². The lowest BCUT2D eigenvalue weighted by atomic mass is 10.2. The molecule has 0 aliphatic rings. The summed E-state index contributed by atoms with van der Waals surface area (Å²) in [6.45, 7) is 4.97. The van der Waals surface area contributed by atoms with Gasteiger partial charge in [-0.3, -0.25) is 0 Å². The summed E-state index contributed by atoms with van der Waals surface area (Å²) in [4.78, 5) is 0. The van der Waals surface area contributed by atoms with Gasteiger partial charge < -0.3 is 9.52 Å². The van der Waals surface area contributed by atoms with Crippen LogP contribution >= 0.6 is 0 Å². The second-order valence-electron chi connectivity index (χ2n) is 2.57. The van der Waals surface area contributed by atoms with Gasteiger partial charge in [-0.25, -0.2) is 4.39 Å². The second-order valence-corrected chi connectivity index (χ2v) is 2.57. The Morgan fingerprint density at radius 2 is 2.33 bits per heavy atom. The molecule has 1 rings (SSSR count). The molecule has 0 saturated heterocycles. The van der Waals surface area contributed by atoms with Crippen LogP contribution < -0.4 is 0 Å². The van der Waals surface area contributed by atoms with Gasteiger partial charge in [-0.05, 0) is 19.1 Å². The number of halogens is 1. The van der Waals surface area contributed by atoms with Gasteiger partial charge in [-0.2, -0.15) is 0 Å². The van der Waals surface area contributed by atoms with Crippen molar-refractivity contribution in [2.24, 2.45) is 0 Å². The van der Waals surface area contributed by atoms with Crippen molar-refractivity contribution in [2.45, 2.75) is 19.2 Å². The van der Waals surface area contributed by atoms with Gasteiger partial charge in [0.1, 0.15) is 17.6 Å². The Morgan fingerprint density at radius 3 is 2.75 bits per heavy atom. The first-order chi connectivity index (χ1) is 5.65. The van der Waals surface area contributed by atoms with Gasteiger partial charge in [-0.15, -0.1) is 6.58 Å². The van der Waals surface area contributed by atoms with Crippen LogP contribution in [0.4, 0.5) is 4.39 Å². The van der Waals surface area contributed by atoms with E-state index in [1.54, 1.807) is 19.1 Å². The largest absolute Gasteiger partial charge is 0.463 e. The van der Waals surface area contributed by atoms with Gasteiger partial charge in [0.05, 0.1) is 0 Å². The van der Waals surface area contributed by atoms with Crippen molar-refractivity contribution in [1.82, 2.24) is 0 Å². The minimum atomic E-state index is -1.48. The van der Waals surface area contributed by atoms with Crippen molar-refractivity contribution >= 4 is 0 Å². The van der Waals surface area contributed by atoms with Crippen molar-refractivity contribution < 1.29 is 13.9 Å².